The van der Waals surface area contributed by atoms with Crippen LogP contribution in [0.3, 0.4) is 0 Å². The van der Waals surface area contributed by atoms with Crippen LogP contribution in [0.1, 0.15) is 0 Å². The largest absolute Gasteiger partial charge is 0.323 e. The molecule has 0 bridgehead atoms. The summed E-state index contributed by atoms with van der Waals surface area (Å²) in [6.45, 7) is 0.236. The average Bonchev–Trinajstić information content (AvgIpc) is 2.64. The molecule has 9 heteroatoms. The highest BCUT2D eigenvalue weighted by Gasteiger charge is 2.43. The minimum absolute atomic E-state index is 0.0629. The number of aromatic nitrogens is 2. The topological polar surface area (TPSA) is 89.1 Å². The van der Waals surface area contributed by atoms with Crippen molar-refractivity contribution in [2.24, 2.45) is 7.05 Å². The van der Waals surface area contributed by atoms with Crippen molar-refractivity contribution in [2.75, 3.05) is 18.8 Å². The van der Waals surface area contributed by atoms with E-state index in [1.165, 1.54) is 12.5 Å². The summed E-state index contributed by atoms with van der Waals surface area (Å²) in [4.78, 5) is 0. The summed E-state index contributed by atoms with van der Waals surface area (Å²) in [6.07, 6.45) is 4.21. The van der Waals surface area contributed by atoms with Crippen molar-refractivity contribution >= 4 is 19.9 Å². The maximum Gasteiger partial charge on any atom is 0.323 e. The van der Waals surface area contributed by atoms with E-state index in [4.69, 9.17) is 0 Å². The van der Waals surface area contributed by atoms with Gasteiger partial charge in [-0.1, -0.05) is 0 Å². The van der Waals surface area contributed by atoms with Crippen LogP contribution in [-0.4, -0.2) is 44.2 Å². The lowest BCUT2D eigenvalue weighted by atomic mass is 10.6. The highest BCUT2D eigenvalue weighted by atomic mass is 32.3. The first-order valence-electron chi connectivity index (χ1n) is 5.04. The van der Waals surface area contributed by atoms with Gasteiger partial charge in [0, 0.05) is 13.1 Å². The van der Waals surface area contributed by atoms with Crippen LogP contribution in [0, 0.1) is 0 Å². The lowest BCUT2D eigenvalue weighted by molar-refractivity contribution is -0.670. The lowest BCUT2D eigenvalue weighted by Gasteiger charge is -2.21. The van der Waals surface area contributed by atoms with Crippen molar-refractivity contribution in [3.05, 3.63) is 18.7 Å². The molecule has 0 aromatic carbocycles. The SMILES string of the molecule is C[n+]1ccn(S(=O)(=O)C2CNCCS2(=O)=O)c1. The predicted molar refractivity (Wildman–Crippen MR) is 60.4 cm³/mol. The second kappa shape index (κ2) is 4.07. The Labute approximate surface area is 100 Å². The number of sulfone groups is 1. The van der Waals surface area contributed by atoms with Crippen molar-refractivity contribution in [2.45, 2.75) is 4.58 Å². The van der Waals surface area contributed by atoms with Gasteiger partial charge in [0.15, 0.2) is 9.84 Å². The normalized spacial score (nSPS) is 24.6. The molecule has 1 aromatic heterocycles. The van der Waals surface area contributed by atoms with Crippen LogP contribution in [-0.2, 0) is 26.9 Å². The van der Waals surface area contributed by atoms with Crippen LogP contribution in [0.15, 0.2) is 18.7 Å². The predicted octanol–water partition coefficient (Wildman–Crippen LogP) is -2.17. The van der Waals surface area contributed by atoms with E-state index in [1.807, 2.05) is 0 Å². The van der Waals surface area contributed by atoms with Crippen molar-refractivity contribution in [3.8, 4) is 0 Å². The Hall–Kier alpha value is -0.930. The van der Waals surface area contributed by atoms with Crippen molar-refractivity contribution < 1.29 is 21.4 Å². The fourth-order valence-electron chi connectivity index (χ4n) is 1.70. The number of nitrogens with zero attached hydrogens (tertiary/aromatic N) is 2. The van der Waals surface area contributed by atoms with Crippen molar-refractivity contribution in [3.63, 3.8) is 0 Å². The Morgan fingerprint density at radius 3 is 2.71 bits per heavy atom. The van der Waals surface area contributed by atoms with Crippen molar-refractivity contribution in [1.29, 1.82) is 0 Å². The summed E-state index contributed by atoms with van der Waals surface area (Å²) >= 11 is 0. The van der Waals surface area contributed by atoms with E-state index in [1.54, 1.807) is 17.8 Å². The fourth-order valence-corrected chi connectivity index (χ4v) is 5.93. The summed E-state index contributed by atoms with van der Waals surface area (Å²) in [6, 6.07) is 0. The Bertz CT molecular complexity index is 617. The van der Waals surface area contributed by atoms with Gasteiger partial charge in [0.1, 0.15) is 12.4 Å². The van der Waals surface area contributed by atoms with Gasteiger partial charge in [-0.05, 0) is 0 Å². The van der Waals surface area contributed by atoms with Gasteiger partial charge in [0.05, 0.1) is 12.8 Å². The van der Waals surface area contributed by atoms with Gasteiger partial charge < -0.3 is 5.32 Å². The quantitative estimate of drug-likeness (QED) is 0.623. The molecule has 2 rings (SSSR count). The van der Waals surface area contributed by atoms with Gasteiger partial charge in [-0.3, -0.25) is 0 Å². The zero-order chi connectivity index (χ0) is 12.7. The Balaban J connectivity index is 2.45. The minimum atomic E-state index is -3.90. The molecule has 1 saturated heterocycles. The molecule has 17 heavy (non-hydrogen) atoms. The molecule has 0 saturated carbocycles. The van der Waals surface area contributed by atoms with E-state index in [2.05, 4.69) is 5.32 Å². The molecule has 1 atom stereocenters. The molecule has 0 aliphatic carbocycles. The molecule has 1 N–H and O–H groups in total. The van der Waals surface area contributed by atoms with Gasteiger partial charge in [-0.25, -0.2) is 13.0 Å². The third-order valence-electron chi connectivity index (χ3n) is 2.65. The maximum atomic E-state index is 12.1. The average molecular weight is 280 g/mol. The molecule has 0 radical (unpaired) electrons. The molecule has 1 aromatic rings. The molecule has 1 aliphatic rings. The number of rotatable bonds is 2. The Kier molecular flexibility index (Phi) is 3.00. The van der Waals surface area contributed by atoms with Gasteiger partial charge in [0.2, 0.25) is 4.58 Å². The molecular formula is C8H14N3O4S2+. The van der Waals surface area contributed by atoms with E-state index in [0.29, 0.717) is 6.54 Å². The highest BCUT2D eigenvalue weighted by molar-refractivity contribution is 8.08. The van der Waals surface area contributed by atoms with Crippen LogP contribution in [0.25, 0.3) is 0 Å². The molecule has 1 unspecified atom stereocenters. The summed E-state index contributed by atoms with van der Waals surface area (Å²) in [5.41, 5.74) is 0. The minimum Gasteiger partial charge on any atom is -0.313 e. The molecule has 1 aliphatic heterocycles. The lowest BCUT2D eigenvalue weighted by Crippen LogP contribution is -2.49. The Morgan fingerprint density at radius 2 is 2.18 bits per heavy atom. The second-order valence-electron chi connectivity index (χ2n) is 3.95. The first kappa shape index (κ1) is 12.5. The van der Waals surface area contributed by atoms with Crippen LogP contribution >= 0.6 is 0 Å². The van der Waals surface area contributed by atoms with Gasteiger partial charge in [-0.2, -0.15) is 8.42 Å². The number of nitrogens with one attached hydrogen (secondary N) is 1. The van der Waals surface area contributed by atoms with E-state index >= 15 is 0 Å². The monoisotopic (exact) mass is 280 g/mol. The highest BCUT2D eigenvalue weighted by Crippen LogP contribution is 2.15. The zero-order valence-electron chi connectivity index (χ0n) is 9.27. The van der Waals surface area contributed by atoms with Crippen LogP contribution in [0.2, 0.25) is 0 Å². The number of hydrogen-bond donors (Lipinski definition) is 1. The molecule has 2 heterocycles. The smallest absolute Gasteiger partial charge is 0.313 e. The maximum absolute atomic E-state index is 12.1. The molecule has 1 fully saturated rings. The standard InChI is InChI=1S/C8H14N3O4S2/c1-10-3-4-11(7-10)17(14,15)8-6-9-2-5-16(8,12)13/h3-4,7-9H,2,5-6H2,1H3/q+1. The van der Waals surface area contributed by atoms with E-state index in [0.717, 1.165) is 3.97 Å². The van der Waals surface area contributed by atoms with E-state index < -0.39 is 24.4 Å². The first-order valence-corrected chi connectivity index (χ1v) is 8.26. The number of aryl methyl sites for hydroxylation is 1. The third-order valence-corrected chi connectivity index (χ3v) is 7.63. The van der Waals surface area contributed by atoms with Gasteiger partial charge >= 0.3 is 10.0 Å². The van der Waals surface area contributed by atoms with E-state index in [9.17, 15) is 16.8 Å². The zero-order valence-corrected chi connectivity index (χ0v) is 10.9. The van der Waals surface area contributed by atoms with Gasteiger partial charge in [-0.15, -0.1) is 3.97 Å². The van der Waals surface area contributed by atoms with Crippen LogP contribution < -0.4 is 9.88 Å². The second-order valence-corrected chi connectivity index (χ2v) is 8.58. The molecule has 0 spiro atoms. The Morgan fingerprint density at radius 1 is 1.47 bits per heavy atom. The summed E-state index contributed by atoms with van der Waals surface area (Å²) in [5.74, 6) is -0.149. The molecule has 0 amide bonds. The van der Waals surface area contributed by atoms with Crippen LogP contribution in [0.4, 0.5) is 0 Å². The van der Waals surface area contributed by atoms with Gasteiger partial charge in [0.25, 0.3) is 6.33 Å². The van der Waals surface area contributed by atoms with Crippen LogP contribution in [0.5, 0.6) is 0 Å². The summed E-state index contributed by atoms with van der Waals surface area (Å²) < 4.78 is 48.9. The van der Waals surface area contributed by atoms with Crippen molar-refractivity contribution in [1.82, 2.24) is 9.29 Å². The molecule has 7 nitrogen and oxygen atoms in total. The molecular weight excluding hydrogens is 266 g/mol. The summed E-state index contributed by atoms with van der Waals surface area (Å²) in [5, 5.41) is 2.79. The number of hydrogen-bond acceptors (Lipinski definition) is 5. The van der Waals surface area contributed by atoms with E-state index in [-0.39, 0.29) is 12.3 Å². The first-order chi connectivity index (χ1) is 7.84. The molecule has 96 valence electrons. The number of imidazole rings is 1. The third kappa shape index (κ3) is 2.22. The summed E-state index contributed by atoms with van der Waals surface area (Å²) in [7, 11) is -5.84. The fraction of sp³-hybridized carbons (Fsp3) is 0.625.